The molecular weight excluding hydrogens is 419 g/mol. The van der Waals surface area contributed by atoms with E-state index in [-0.39, 0.29) is 24.5 Å². The number of esters is 1. The first-order chi connectivity index (χ1) is 13.1. The predicted molar refractivity (Wildman–Crippen MR) is 93.7 cm³/mol. The van der Waals surface area contributed by atoms with E-state index in [4.69, 9.17) is 4.74 Å². The number of likely N-dealkylation sites (tertiary alicyclic amines) is 1. The van der Waals surface area contributed by atoms with Gasteiger partial charge in [0, 0.05) is 6.54 Å². The minimum absolute atomic E-state index is 0.0386. The van der Waals surface area contributed by atoms with Crippen molar-refractivity contribution >= 4 is 22.2 Å². The molecule has 2 aliphatic rings. The Morgan fingerprint density at radius 3 is 2.24 bits per heavy atom. The second kappa shape index (κ2) is 7.69. The molecule has 0 unspecified atom stereocenters. The Bertz CT molecular complexity index is 814. The van der Waals surface area contributed by atoms with Gasteiger partial charge in [-0.1, -0.05) is 6.92 Å². The van der Waals surface area contributed by atoms with Gasteiger partial charge in [0.05, 0.1) is 18.7 Å². The summed E-state index contributed by atoms with van der Waals surface area (Å²) in [6.45, 7) is 6.73. The summed E-state index contributed by atoms with van der Waals surface area (Å²) in [5.41, 5.74) is -6.93. The minimum atomic E-state index is -6.06. The number of fused-ring (bicyclic) bond motifs is 1. The van der Waals surface area contributed by atoms with Gasteiger partial charge in [-0.05, 0) is 45.4 Å². The lowest BCUT2D eigenvalue weighted by atomic mass is 9.80. The fourth-order valence-corrected chi connectivity index (χ4v) is 4.12. The van der Waals surface area contributed by atoms with Crippen LogP contribution in [0.2, 0.25) is 0 Å². The molecule has 0 aromatic heterocycles. The Morgan fingerprint density at radius 2 is 1.76 bits per heavy atom. The first-order valence-electron chi connectivity index (χ1n) is 8.90. The average molecular weight is 443 g/mol. The van der Waals surface area contributed by atoms with Crippen LogP contribution in [0.15, 0.2) is 11.3 Å². The molecule has 1 amide bonds. The molecule has 12 heteroatoms. The molecule has 1 aliphatic heterocycles. The van der Waals surface area contributed by atoms with E-state index in [0.717, 1.165) is 12.0 Å². The fraction of sp³-hybridized carbons (Fsp3) is 0.765. The SMILES string of the molecule is COC(=O)C1=C(OS(=O)(=O)C(F)(F)F)[C@@H]2[C@H](CC1)[C@H](C)CN2C(=O)OC(C)(C)C. The van der Waals surface area contributed by atoms with Gasteiger partial charge in [-0.2, -0.15) is 21.6 Å². The summed E-state index contributed by atoms with van der Waals surface area (Å²) in [4.78, 5) is 25.9. The number of methoxy groups -OCH3 is 1. The molecule has 1 fully saturated rings. The summed E-state index contributed by atoms with van der Waals surface area (Å²) in [7, 11) is -5.04. The van der Waals surface area contributed by atoms with Gasteiger partial charge in [-0.25, -0.2) is 9.59 Å². The van der Waals surface area contributed by atoms with E-state index in [9.17, 15) is 31.2 Å². The fourth-order valence-electron chi connectivity index (χ4n) is 3.59. The summed E-state index contributed by atoms with van der Waals surface area (Å²) in [5.74, 6) is -2.34. The zero-order chi connectivity index (χ0) is 22.4. The lowest BCUT2D eigenvalue weighted by Gasteiger charge is -2.35. The van der Waals surface area contributed by atoms with E-state index >= 15 is 0 Å². The monoisotopic (exact) mass is 443 g/mol. The molecule has 2 rings (SSSR count). The number of hydrogen-bond acceptors (Lipinski definition) is 7. The second-order valence-electron chi connectivity index (χ2n) is 8.07. The lowest BCUT2D eigenvalue weighted by molar-refractivity contribution is -0.136. The summed E-state index contributed by atoms with van der Waals surface area (Å²) in [6.07, 6.45) is -0.536. The maximum absolute atomic E-state index is 12.9. The van der Waals surface area contributed by atoms with Crippen molar-refractivity contribution in [1.29, 1.82) is 0 Å². The first kappa shape index (κ1) is 23.3. The number of halogens is 3. The van der Waals surface area contributed by atoms with Gasteiger partial charge in [0.2, 0.25) is 0 Å². The van der Waals surface area contributed by atoms with Crippen molar-refractivity contribution in [2.24, 2.45) is 11.8 Å². The van der Waals surface area contributed by atoms with Gasteiger partial charge in [0.15, 0.2) is 5.76 Å². The van der Waals surface area contributed by atoms with Crippen LogP contribution in [0.5, 0.6) is 0 Å². The van der Waals surface area contributed by atoms with Crippen molar-refractivity contribution in [3.63, 3.8) is 0 Å². The highest BCUT2D eigenvalue weighted by atomic mass is 32.2. The molecule has 0 aromatic rings. The van der Waals surface area contributed by atoms with Crippen LogP contribution in [-0.4, -0.2) is 56.2 Å². The Hall–Kier alpha value is -1.98. The third-order valence-corrected chi connectivity index (χ3v) is 5.76. The number of alkyl halides is 3. The van der Waals surface area contributed by atoms with Crippen LogP contribution in [0.25, 0.3) is 0 Å². The van der Waals surface area contributed by atoms with Gasteiger partial charge >= 0.3 is 27.7 Å². The van der Waals surface area contributed by atoms with Crippen LogP contribution >= 0.6 is 0 Å². The number of hydrogen-bond donors (Lipinski definition) is 0. The normalized spacial score (nSPS) is 25.5. The van der Waals surface area contributed by atoms with E-state index < -0.39 is 51.0 Å². The van der Waals surface area contributed by atoms with E-state index in [1.807, 2.05) is 0 Å². The quantitative estimate of drug-likeness (QED) is 0.376. The van der Waals surface area contributed by atoms with Crippen LogP contribution in [0.1, 0.15) is 40.5 Å². The number of carbonyl (C=O) groups excluding carboxylic acids is 2. The molecule has 0 radical (unpaired) electrons. The van der Waals surface area contributed by atoms with E-state index in [0.29, 0.717) is 6.42 Å². The predicted octanol–water partition coefficient (Wildman–Crippen LogP) is 2.95. The van der Waals surface area contributed by atoms with Gasteiger partial charge in [-0.15, -0.1) is 0 Å². The molecule has 0 saturated carbocycles. The van der Waals surface area contributed by atoms with Crippen molar-refractivity contribution in [2.45, 2.75) is 57.7 Å². The summed E-state index contributed by atoms with van der Waals surface area (Å²) >= 11 is 0. The lowest BCUT2D eigenvalue weighted by Crippen LogP contribution is -2.45. The topological polar surface area (TPSA) is 99.2 Å². The Kier molecular flexibility index (Phi) is 6.18. The summed E-state index contributed by atoms with van der Waals surface area (Å²) in [6, 6.07) is -1.19. The Balaban J connectivity index is 2.56. The van der Waals surface area contributed by atoms with Gasteiger partial charge < -0.3 is 13.7 Å². The largest absolute Gasteiger partial charge is 0.534 e. The number of rotatable bonds is 3. The molecule has 1 saturated heterocycles. The van der Waals surface area contributed by atoms with Crippen LogP contribution in [-0.2, 0) is 28.6 Å². The zero-order valence-corrected chi connectivity index (χ0v) is 17.5. The van der Waals surface area contributed by atoms with Crippen LogP contribution in [0, 0.1) is 11.8 Å². The van der Waals surface area contributed by atoms with Gasteiger partial charge in [-0.3, -0.25) is 4.90 Å². The molecule has 8 nitrogen and oxygen atoms in total. The molecule has 166 valence electrons. The highest BCUT2D eigenvalue weighted by molar-refractivity contribution is 7.87. The van der Waals surface area contributed by atoms with Crippen molar-refractivity contribution in [3.8, 4) is 0 Å². The van der Waals surface area contributed by atoms with Crippen LogP contribution in [0.4, 0.5) is 18.0 Å². The molecule has 0 N–H and O–H groups in total. The smallest absolute Gasteiger partial charge is 0.466 e. The molecule has 0 spiro atoms. The summed E-state index contributed by atoms with van der Waals surface area (Å²) in [5, 5.41) is 0. The van der Waals surface area contributed by atoms with Crippen molar-refractivity contribution in [1.82, 2.24) is 4.90 Å². The standard InChI is InChI=1S/C17H24F3NO7S/c1-9-8-21(15(23)27-16(2,3)4)12-10(9)6-7-11(14(22)26-5)13(12)28-29(24,25)17(18,19)20/h9-10,12H,6-8H2,1-5H3/t9-,10-,12+/m1/s1. The average Bonchev–Trinajstić information content (AvgIpc) is 2.89. The molecule has 1 aliphatic carbocycles. The van der Waals surface area contributed by atoms with E-state index in [1.165, 1.54) is 0 Å². The molecule has 29 heavy (non-hydrogen) atoms. The first-order valence-corrected chi connectivity index (χ1v) is 10.3. The van der Waals surface area contributed by atoms with E-state index in [2.05, 4.69) is 8.92 Å². The molecule has 0 aromatic carbocycles. The number of nitrogens with zero attached hydrogens (tertiary/aromatic N) is 1. The Labute approximate surface area is 167 Å². The highest BCUT2D eigenvalue weighted by Crippen LogP contribution is 2.45. The highest BCUT2D eigenvalue weighted by Gasteiger charge is 2.55. The van der Waals surface area contributed by atoms with Gasteiger partial charge in [0.1, 0.15) is 5.60 Å². The second-order valence-corrected chi connectivity index (χ2v) is 9.61. The van der Waals surface area contributed by atoms with E-state index in [1.54, 1.807) is 27.7 Å². The summed E-state index contributed by atoms with van der Waals surface area (Å²) < 4.78 is 76.5. The maximum Gasteiger partial charge on any atom is 0.534 e. The Morgan fingerprint density at radius 1 is 1.17 bits per heavy atom. The number of carbonyl (C=O) groups is 2. The maximum atomic E-state index is 12.9. The zero-order valence-electron chi connectivity index (χ0n) is 16.7. The van der Waals surface area contributed by atoms with Crippen LogP contribution in [0.3, 0.4) is 0 Å². The van der Waals surface area contributed by atoms with Crippen molar-refractivity contribution in [3.05, 3.63) is 11.3 Å². The molecule has 1 heterocycles. The van der Waals surface area contributed by atoms with Crippen molar-refractivity contribution in [2.75, 3.05) is 13.7 Å². The third-order valence-electron chi connectivity index (χ3n) is 4.79. The minimum Gasteiger partial charge on any atom is -0.466 e. The molecule has 0 bridgehead atoms. The molecular formula is C17H24F3NO7S. The molecule has 3 atom stereocenters. The van der Waals surface area contributed by atoms with Gasteiger partial charge in [0.25, 0.3) is 0 Å². The third kappa shape index (κ3) is 4.78. The van der Waals surface area contributed by atoms with Crippen LogP contribution < -0.4 is 0 Å². The number of amides is 1. The number of ether oxygens (including phenoxy) is 2. The van der Waals surface area contributed by atoms with Crippen molar-refractivity contribution < 1.29 is 44.8 Å².